The van der Waals surface area contributed by atoms with E-state index in [1.165, 1.54) is 4.90 Å². The van der Waals surface area contributed by atoms with Crippen LogP contribution in [-0.4, -0.2) is 47.8 Å². The molecule has 0 aromatic heterocycles. The summed E-state index contributed by atoms with van der Waals surface area (Å²) in [6, 6.07) is 4.13. The van der Waals surface area contributed by atoms with Gasteiger partial charge in [0.25, 0.3) is 0 Å². The standard InChI is InChI=1S/C13H15BrN2O4/c1-8-2-3-10(9(14)6-8)15-13(19)16-4-5-20-7-11(16)12(17)18/h2-3,6,11H,4-5,7H2,1H3,(H,15,19)(H,17,18). The molecular weight excluding hydrogens is 328 g/mol. The molecule has 1 aliphatic rings. The number of carboxylic acids is 1. The van der Waals surface area contributed by atoms with Crippen LogP contribution in [0, 0.1) is 6.92 Å². The third-order valence-corrected chi connectivity index (χ3v) is 3.70. The van der Waals surface area contributed by atoms with Crippen LogP contribution in [0.25, 0.3) is 0 Å². The van der Waals surface area contributed by atoms with Gasteiger partial charge in [-0.05, 0) is 40.5 Å². The highest BCUT2D eigenvalue weighted by atomic mass is 79.9. The first kappa shape index (κ1) is 14.8. The Morgan fingerprint density at radius 1 is 1.50 bits per heavy atom. The molecule has 1 aromatic carbocycles. The number of benzene rings is 1. The molecule has 2 N–H and O–H groups in total. The van der Waals surface area contributed by atoms with Gasteiger partial charge < -0.3 is 20.1 Å². The number of hydrogen-bond acceptors (Lipinski definition) is 3. The minimum atomic E-state index is -1.07. The molecule has 0 bridgehead atoms. The van der Waals surface area contributed by atoms with Crippen LogP contribution in [-0.2, 0) is 9.53 Å². The fourth-order valence-corrected chi connectivity index (χ4v) is 2.55. The lowest BCUT2D eigenvalue weighted by molar-refractivity contribution is -0.147. The molecule has 0 radical (unpaired) electrons. The topological polar surface area (TPSA) is 78.9 Å². The zero-order chi connectivity index (χ0) is 14.7. The van der Waals surface area contributed by atoms with Gasteiger partial charge >= 0.3 is 12.0 Å². The van der Waals surface area contributed by atoms with Crippen molar-refractivity contribution in [1.29, 1.82) is 0 Å². The summed E-state index contributed by atoms with van der Waals surface area (Å²) in [6.07, 6.45) is 0. The first-order valence-electron chi connectivity index (χ1n) is 6.13. The van der Waals surface area contributed by atoms with Gasteiger partial charge in [-0.2, -0.15) is 0 Å². The van der Waals surface area contributed by atoms with Gasteiger partial charge in [0.15, 0.2) is 6.04 Å². The highest BCUT2D eigenvalue weighted by Crippen LogP contribution is 2.24. The quantitative estimate of drug-likeness (QED) is 0.862. The Morgan fingerprint density at radius 3 is 2.90 bits per heavy atom. The summed E-state index contributed by atoms with van der Waals surface area (Å²) in [4.78, 5) is 24.6. The van der Waals surface area contributed by atoms with E-state index >= 15 is 0 Å². The number of nitrogens with one attached hydrogen (secondary N) is 1. The molecule has 7 heteroatoms. The molecule has 0 spiro atoms. The molecule has 0 aliphatic carbocycles. The van der Waals surface area contributed by atoms with Gasteiger partial charge in [-0.25, -0.2) is 9.59 Å². The number of anilines is 1. The van der Waals surface area contributed by atoms with Crippen LogP contribution < -0.4 is 5.32 Å². The zero-order valence-corrected chi connectivity index (χ0v) is 12.5. The lowest BCUT2D eigenvalue weighted by Crippen LogP contribution is -2.53. The van der Waals surface area contributed by atoms with Crippen molar-refractivity contribution in [1.82, 2.24) is 4.90 Å². The molecule has 1 saturated heterocycles. The second-order valence-electron chi connectivity index (χ2n) is 4.54. The number of carboxylic acid groups (broad SMARTS) is 1. The summed E-state index contributed by atoms with van der Waals surface area (Å²) in [5.41, 5.74) is 1.67. The maximum atomic E-state index is 12.2. The van der Waals surface area contributed by atoms with E-state index in [2.05, 4.69) is 21.2 Å². The Hall–Kier alpha value is -1.60. The number of carbonyl (C=O) groups excluding carboxylic acids is 1. The lowest BCUT2D eigenvalue weighted by Gasteiger charge is -2.32. The van der Waals surface area contributed by atoms with Crippen LogP contribution in [0.15, 0.2) is 22.7 Å². The van der Waals surface area contributed by atoms with Crippen LogP contribution >= 0.6 is 15.9 Å². The molecule has 1 fully saturated rings. The zero-order valence-electron chi connectivity index (χ0n) is 10.9. The molecule has 1 heterocycles. The summed E-state index contributed by atoms with van der Waals surface area (Å²) in [6.45, 7) is 2.55. The molecule has 6 nitrogen and oxygen atoms in total. The first-order chi connectivity index (χ1) is 9.49. The van der Waals surface area contributed by atoms with Crippen molar-refractivity contribution in [3.63, 3.8) is 0 Å². The van der Waals surface area contributed by atoms with Crippen molar-refractivity contribution in [3.05, 3.63) is 28.2 Å². The van der Waals surface area contributed by atoms with Gasteiger partial charge in [0, 0.05) is 11.0 Å². The third-order valence-electron chi connectivity index (χ3n) is 3.04. The molecule has 20 heavy (non-hydrogen) atoms. The molecule has 1 unspecified atom stereocenters. The predicted molar refractivity (Wildman–Crippen MR) is 76.8 cm³/mol. The van der Waals surface area contributed by atoms with Gasteiger partial charge in [0.2, 0.25) is 0 Å². The van der Waals surface area contributed by atoms with Crippen LogP contribution in [0.4, 0.5) is 10.5 Å². The van der Waals surface area contributed by atoms with E-state index in [1.54, 1.807) is 6.07 Å². The Bertz CT molecular complexity index is 535. The van der Waals surface area contributed by atoms with E-state index in [4.69, 9.17) is 9.84 Å². The molecule has 2 rings (SSSR count). The van der Waals surface area contributed by atoms with Crippen molar-refractivity contribution in [3.8, 4) is 0 Å². The molecule has 1 aromatic rings. The van der Waals surface area contributed by atoms with E-state index in [0.717, 1.165) is 10.0 Å². The Kier molecular flexibility index (Phi) is 4.61. The maximum absolute atomic E-state index is 12.2. The summed E-state index contributed by atoms with van der Waals surface area (Å²) >= 11 is 3.37. The highest BCUT2D eigenvalue weighted by molar-refractivity contribution is 9.10. The number of aryl methyl sites for hydroxylation is 1. The van der Waals surface area contributed by atoms with Crippen molar-refractivity contribution >= 4 is 33.6 Å². The van der Waals surface area contributed by atoms with E-state index in [1.807, 2.05) is 19.1 Å². The first-order valence-corrected chi connectivity index (χ1v) is 6.92. The van der Waals surface area contributed by atoms with Gasteiger partial charge in [0.05, 0.1) is 18.9 Å². The number of rotatable bonds is 2. The molecule has 1 aliphatic heterocycles. The molecule has 108 valence electrons. The van der Waals surface area contributed by atoms with E-state index in [9.17, 15) is 9.59 Å². The smallest absolute Gasteiger partial charge is 0.328 e. The number of aliphatic carboxylic acids is 1. The van der Waals surface area contributed by atoms with Crippen molar-refractivity contribution in [2.75, 3.05) is 25.1 Å². The minimum absolute atomic E-state index is 0.0117. The van der Waals surface area contributed by atoms with Gasteiger partial charge in [0.1, 0.15) is 0 Å². The number of hydrogen-bond donors (Lipinski definition) is 2. The average Bonchev–Trinajstić information content (AvgIpc) is 2.41. The fraction of sp³-hybridized carbons (Fsp3) is 0.385. The van der Waals surface area contributed by atoms with Crippen molar-refractivity contribution in [2.24, 2.45) is 0 Å². The monoisotopic (exact) mass is 342 g/mol. The summed E-state index contributed by atoms with van der Waals surface area (Å²) < 4.78 is 5.86. The van der Waals surface area contributed by atoms with Crippen LogP contribution in [0.5, 0.6) is 0 Å². The third kappa shape index (κ3) is 3.29. The van der Waals surface area contributed by atoms with E-state index in [0.29, 0.717) is 12.3 Å². The van der Waals surface area contributed by atoms with Crippen molar-refractivity contribution < 1.29 is 19.4 Å². The van der Waals surface area contributed by atoms with Crippen molar-refractivity contribution in [2.45, 2.75) is 13.0 Å². The SMILES string of the molecule is Cc1ccc(NC(=O)N2CCOCC2C(=O)O)c(Br)c1. The normalized spacial score (nSPS) is 18.7. The number of amides is 2. The highest BCUT2D eigenvalue weighted by Gasteiger charge is 2.32. The Labute approximate surface area is 124 Å². The lowest BCUT2D eigenvalue weighted by atomic mass is 10.2. The Morgan fingerprint density at radius 2 is 2.25 bits per heavy atom. The number of carbonyl (C=O) groups is 2. The summed E-state index contributed by atoms with van der Waals surface area (Å²) in [7, 11) is 0. The van der Waals surface area contributed by atoms with E-state index < -0.39 is 18.0 Å². The second-order valence-corrected chi connectivity index (χ2v) is 5.39. The average molecular weight is 343 g/mol. The number of urea groups is 1. The molecule has 0 saturated carbocycles. The van der Waals surface area contributed by atoms with Crippen LogP contribution in [0.2, 0.25) is 0 Å². The second kappa shape index (κ2) is 6.23. The van der Waals surface area contributed by atoms with Gasteiger partial charge in [-0.1, -0.05) is 6.07 Å². The predicted octanol–water partition coefficient (Wildman–Crippen LogP) is 2.07. The van der Waals surface area contributed by atoms with Crippen LogP contribution in [0.3, 0.4) is 0 Å². The van der Waals surface area contributed by atoms with Gasteiger partial charge in [-0.3, -0.25) is 0 Å². The van der Waals surface area contributed by atoms with Gasteiger partial charge in [-0.15, -0.1) is 0 Å². The number of halogens is 1. The largest absolute Gasteiger partial charge is 0.480 e. The molecular formula is C13H15BrN2O4. The fourth-order valence-electron chi connectivity index (χ4n) is 1.96. The summed E-state index contributed by atoms with van der Waals surface area (Å²) in [5, 5.41) is 11.8. The Balaban J connectivity index is 2.12. The molecule has 2 amide bonds. The minimum Gasteiger partial charge on any atom is -0.480 e. The van der Waals surface area contributed by atoms with E-state index in [-0.39, 0.29) is 13.2 Å². The number of ether oxygens (including phenoxy) is 1. The van der Waals surface area contributed by atoms with Crippen LogP contribution in [0.1, 0.15) is 5.56 Å². The number of morpholine rings is 1. The maximum Gasteiger partial charge on any atom is 0.328 e. The summed E-state index contributed by atoms with van der Waals surface area (Å²) in [5.74, 6) is -1.07. The number of nitrogens with zero attached hydrogens (tertiary/aromatic N) is 1. The molecule has 1 atom stereocenters.